The third-order valence-corrected chi connectivity index (χ3v) is 2.71. The molecule has 0 saturated carbocycles. The Balaban J connectivity index is 1.99. The minimum absolute atomic E-state index is 0.831. The van der Waals surface area contributed by atoms with Crippen LogP contribution in [0.3, 0.4) is 0 Å². The maximum Gasteiger partial charge on any atom is 0.0964 e. The monoisotopic (exact) mass is 308 g/mol. The zero-order valence-electron chi connectivity index (χ0n) is 8.54. The molecule has 1 heterocycles. The summed E-state index contributed by atoms with van der Waals surface area (Å²) in [5.74, 6) is 0. The van der Waals surface area contributed by atoms with E-state index in [-0.39, 0.29) is 0 Å². The number of alkyl halides is 1. The predicted molar refractivity (Wildman–Crippen MR) is 65.4 cm³/mol. The number of unbranched alkanes of at least 4 members (excludes halogenated alkanes) is 2. The van der Waals surface area contributed by atoms with E-state index in [1.54, 1.807) is 4.68 Å². The van der Waals surface area contributed by atoms with Crippen LogP contribution < -0.4 is 5.32 Å². The average molecular weight is 308 g/mol. The molecular formula is C9H17IN4. The number of aryl methyl sites for hydroxylation is 1. The van der Waals surface area contributed by atoms with Crippen LogP contribution in [0.4, 0.5) is 0 Å². The Hall–Kier alpha value is -0.170. The van der Waals surface area contributed by atoms with E-state index in [1.807, 2.05) is 13.2 Å². The van der Waals surface area contributed by atoms with Gasteiger partial charge in [0.05, 0.1) is 5.69 Å². The lowest BCUT2D eigenvalue weighted by Gasteiger charge is -2.00. The summed E-state index contributed by atoms with van der Waals surface area (Å²) >= 11 is 2.42. The second-order valence-electron chi connectivity index (χ2n) is 3.31. The van der Waals surface area contributed by atoms with Crippen LogP contribution in [0.2, 0.25) is 0 Å². The van der Waals surface area contributed by atoms with E-state index in [4.69, 9.17) is 0 Å². The highest BCUT2D eigenvalue weighted by Crippen LogP contribution is 1.98. The topological polar surface area (TPSA) is 42.7 Å². The molecule has 0 fully saturated rings. The van der Waals surface area contributed by atoms with E-state index in [2.05, 4.69) is 38.2 Å². The molecule has 0 aliphatic rings. The first-order chi connectivity index (χ1) is 6.83. The van der Waals surface area contributed by atoms with Crippen LogP contribution in [-0.2, 0) is 13.6 Å². The zero-order chi connectivity index (χ0) is 10.2. The molecular weight excluding hydrogens is 291 g/mol. The third kappa shape index (κ3) is 4.90. The Labute approximate surface area is 98.6 Å². The number of rotatable bonds is 7. The molecule has 0 unspecified atom stereocenters. The Kier molecular flexibility index (Phi) is 6.09. The summed E-state index contributed by atoms with van der Waals surface area (Å²) in [7, 11) is 1.89. The number of halogens is 1. The van der Waals surface area contributed by atoms with Gasteiger partial charge in [-0.25, -0.2) is 0 Å². The van der Waals surface area contributed by atoms with Gasteiger partial charge in [0, 0.05) is 19.8 Å². The van der Waals surface area contributed by atoms with Crippen molar-refractivity contribution in [1.82, 2.24) is 20.3 Å². The molecule has 0 bridgehead atoms. The van der Waals surface area contributed by atoms with Gasteiger partial charge in [-0.05, 0) is 23.8 Å². The van der Waals surface area contributed by atoms with Crippen LogP contribution in [-0.4, -0.2) is 26.0 Å². The van der Waals surface area contributed by atoms with Crippen LogP contribution in [0, 0.1) is 0 Å². The summed E-state index contributed by atoms with van der Waals surface area (Å²) in [5, 5.41) is 11.2. The highest BCUT2D eigenvalue weighted by molar-refractivity contribution is 14.1. The van der Waals surface area contributed by atoms with Crippen molar-refractivity contribution in [3.8, 4) is 0 Å². The first-order valence-corrected chi connectivity index (χ1v) is 6.47. The first kappa shape index (κ1) is 11.9. The fraction of sp³-hybridized carbons (Fsp3) is 0.778. The van der Waals surface area contributed by atoms with E-state index < -0.39 is 0 Å². The summed E-state index contributed by atoms with van der Waals surface area (Å²) in [5.41, 5.74) is 1.02. The van der Waals surface area contributed by atoms with Gasteiger partial charge in [-0.1, -0.05) is 34.2 Å². The zero-order valence-corrected chi connectivity index (χ0v) is 10.7. The number of aromatic nitrogens is 3. The summed E-state index contributed by atoms with van der Waals surface area (Å²) in [4.78, 5) is 0. The lowest BCUT2D eigenvalue weighted by atomic mass is 10.2. The van der Waals surface area contributed by atoms with Gasteiger partial charge in [0.2, 0.25) is 0 Å². The van der Waals surface area contributed by atoms with E-state index in [9.17, 15) is 0 Å². The van der Waals surface area contributed by atoms with Crippen molar-refractivity contribution in [3.63, 3.8) is 0 Å². The summed E-state index contributed by atoms with van der Waals surface area (Å²) < 4.78 is 3.00. The molecule has 1 aromatic rings. The van der Waals surface area contributed by atoms with Crippen molar-refractivity contribution < 1.29 is 0 Å². The lowest BCUT2D eigenvalue weighted by Crippen LogP contribution is -2.14. The second-order valence-corrected chi connectivity index (χ2v) is 4.39. The predicted octanol–water partition coefficient (Wildman–Crippen LogP) is 1.51. The van der Waals surface area contributed by atoms with Crippen molar-refractivity contribution in [2.75, 3.05) is 11.0 Å². The minimum Gasteiger partial charge on any atom is -0.311 e. The molecule has 4 nitrogen and oxygen atoms in total. The van der Waals surface area contributed by atoms with E-state index in [0.717, 1.165) is 18.8 Å². The SMILES string of the molecule is Cn1cc(CNCCCCCI)nn1. The fourth-order valence-corrected chi connectivity index (χ4v) is 1.75. The summed E-state index contributed by atoms with van der Waals surface area (Å²) in [6.45, 7) is 1.91. The molecule has 0 amide bonds. The molecule has 0 aromatic carbocycles. The van der Waals surface area contributed by atoms with Crippen molar-refractivity contribution in [2.24, 2.45) is 7.05 Å². The fourth-order valence-electron chi connectivity index (χ4n) is 1.21. The highest BCUT2D eigenvalue weighted by atomic mass is 127. The van der Waals surface area contributed by atoms with Gasteiger partial charge in [0.1, 0.15) is 0 Å². The van der Waals surface area contributed by atoms with Crippen molar-refractivity contribution in [1.29, 1.82) is 0 Å². The molecule has 0 aliphatic heterocycles. The standard InChI is InChI=1S/C9H17IN4/c1-14-8-9(12-13-14)7-11-6-4-2-3-5-10/h8,11H,2-7H2,1H3. The molecule has 0 atom stereocenters. The average Bonchev–Trinajstić information content (AvgIpc) is 2.58. The molecule has 80 valence electrons. The van der Waals surface area contributed by atoms with Crippen molar-refractivity contribution in [3.05, 3.63) is 11.9 Å². The number of hydrogen-bond donors (Lipinski definition) is 1. The van der Waals surface area contributed by atoms with Crippen LogP contribution in [0.1, 0.15) is 25.0 Å². The second kappa shape index (κ2) is 7.17. The van der Waals surface area contributed by atoms with Gasteiger partial charge >= 0.3 is 0 Å². The maximum atomic E-state index is 4.00. The number of nitrogens with zero attached hydrogens (tertiary/aromatic N) is 3. The summed E-state index contributed by atoms with van der Waals surface area (Å²) in [6.07, 6.45) is 5.84. The molecule has 14 heavy (non-hydrogen) atoms. The Morgan fingerprint density at radius 1 is 1.43 bits per heavy atom. The van der Waals surface area contributed by atoms with Gasteiger partial charge in [-0.2, -0.15) is 0 Å². The van der Waals surface area contributed by atoms with Gasteiger partial charge in [-0.3, -0.25) is 4.68 Å². The maximum absolute atomic E-state index is 4.00. The molecule has 0 spiro atoms. The summed E-state index contributed by atoms with van der Waals surface area (Å²) in [6, 6.07) is 0. The third-order valence-electron chi connectivity index (χ3n) is 1.94. The minimum atomic E-state index is 0.831. The Bertz CT molecular complexity index is 249. The first-order valence-electron chi connectivity index (χ1n) is 4.95. The van der Waals surface area contributed by atoms with Gasteiger partial charge in [-0.15, -0.1) is 5.10 Å². The smallest absolute Gasteiger partial charge is 0.0964 e. The van der Waals surface area contributed by atoms with Crippen LogP contribution in [0.25, 0.3) is 0 Å². The highest BCUT2D eigenvalue weighted by Gasteiger charge is 1.96. The van der Waals surface area contributed by atoms with Crippen molar-refractivity contribution in [2.45, 2.75) is 25.8 Å². The Morgan fingerprint density at radius 3 is 2.93 bits per heavy atom. The van der Waals surface area contributed by atoms with Crippen LogP contribution in [0.5, 0.6) is 0 Å². The van der Waals surface area contributed by atoms with Crippen LogP contribution in [0.15, 0.2) is 6.20 Å². The van der Waals surface area contributed by atoms with Gasteiger partial charge < -0.3 is 5.32 Å². The molecule has 1 N–H and O–H groups in total. The largest absolute Gasteiger partial charge is 0.311 e. The molecule has 0 radical (unpaired) electrons. The van der Waals surface area contributed by atoms with Gasteiger partial charge in [0.15, 0.2) is 0 Å². The Morgan fingerprint density at radius 2 is 2.29 bits per heavy atom. The van der Waals surface area contributed by atoms with E-state index in [1.165, 1.54) is 23.7 Å². The van der Waals surface area contributed by atoms with Crippen molar-refractivity contribution >= 4 is 22.6 Å². The quantitative estimate of drug-likeness (QED) is 0.472. The van der Waals surface area contributed by atoms with E-state index >= 15 is 0 Å². The lowest BCUT2D eigenvalue weighted by molar-refractivity contribution is 0.612. The van der Waals surface area contributed by atoms with Gasteiger partial charge in [0.25, 0.3) is 0 Å². The molecule has 1 rings (SSSR count). The molecule has 1 aromatic heterocycles. The molecule has 5 heteroatoms. The number of hydrogen-bond acceptors (Lipinski definition) is 3. The number of nitrogens with one attached hydrogen (secondary N) is 1. The van der Waals surface area contributed by atoms with Crippen LogP contribution >= 0.6 is 22.6 Å². The van der Waals surface area contributed by atoms with E-state index in [0.29, 0.717) is 0 Å². The normalized spacial score (nSPS) is 10.7. The molecule has 0 saturated heterocycles. The molecule has 0 aliphatic carbocycles.